The zero-order chi connectivity index (χ0) is 15.5. The summed E-state index contributed by atoms with van der Waals surface area (Å²) in [6.45, 7) is 6.65. The lowest BCUT2D eigenvalue weighted by Gasteiger charge is -2.33. The highest BCUT2D eigenvalue weighted by Crippen LogP contribution is 2.21. The fourth-order valence-electron chi connectivity index (χ4n) is 2.24. The third-order valence-corrected chi connectivity index (χ3v) is 4.82. The highest BCUT2D eigenvalue weighted by atomic mass is 32.2. The maximum absolute atomic E-state index is 12.5. The molecule has 2 heterocycles. The van der Waals surface area contributed by atoms with E-state index in [9.17, 15) is 9.00 Å². The number of hydrogen-bond donors (Lipinski definition) is 0. The number of rotatable bonds is 2. The Morgan fingerprint density at radius 2 is 2.19 bits per heavy atom. The van der Waals surface area contributed by atoms with Gasteiger partial charge < -0.3 is 9.64 Å². The van der Waals surface area contributed by atoms with E-state index in [2.05, 4.69) is 4.98 Å². The van der Waals surface area contributed by atoms with Gasteiger partial charge in [0.2, 0.25) is 0 Å². The van der Waals surface area contributed by atoms with Crippen molar-refractivity contribution in [2.75, 3.05) is 13.1 Å². The summed E-state index contributed by atoms with van der Waals surface area (Å²) in [6, 6.07) is 5.39. The second-order valence-corrected chi connectivity index (χ2v) is 7.84. The molecule has 116 valence electrons. The van der Waals surface area contributed by atoms with Crippen molar-refractivity contribution in [2.45, 2.75) is 49.5 Å². The van der Waals surface area contributed by atoms with Gasteiger partial charge in [-0.25, -0.2) is 9.78 Å². The summed E-state index contributed by atoms with van der Waals surface area (Å²) >= 11 is 0. The van der Waals surface area contributed by atoms with Gasteiger partial charge in [0.1, 0.15) is 10.6 Å². The maximum atomic E-state index is 12.5. The van der Waals surface area contributed by atoms with Crippen LogP contribution in [0.3, 0.4) is 0 Å². The molecule has 5 nitrogen and oxygen atoms in total. The number of pyridine rings is 1. The molecule has 0 spiro atoms. The highest BCUT2D eigenvalue weighted by molar-refractivity contribution is 7.85. The Hall–Kier alpha value is -1.43. The monoisotopic (exact) mass is 310 g/mol. The molecule has 0 saturated carbocycles. The Morgan fingerprint density at radius 3 is 2.81 bits per heavy atom. The first-order valence-corrected chi connectivity index (χ1v) is 8.37. The van der Waals surface area contributed by atoms with E-state index in [4.69, 9.17) is 4.74 Å². The number of hydrogen-bond acceptors (Lipinski definition) is 4. The number of carbonyl (C=O) groups excluding carboxylic acids is 1. The molecule has 1 aliphatic rings. The standard InChI is InChI=1S/C15H22N2O3S/c1-15(2,3)20-14(18)17-10-6-7-12(11-17)21(19)13-8-4-5-9-16-13/h4-5,8-9,12H,6-7,10-11H2,1-3H3/t12-,21+/m0/s1. The van der Waals surface area contributed by atoms with Crippen LogP contribution in [0.4, 0.5) is 4.79 Å². The zero-order valence-corrected chi connectivity index (χ0v) is 13.6. The van der Waals surface area contributed by atoms with Gasteiger partial charge in [-0.2, -0.15) is 0 Å². The van der Waals surface area contributed by atoms with Crippen molar-refractivity contribution in [3.63, 3.8) is 0 Å². The van der Waals surface area contributed by atoms with Crippen LogP contribution in [0.5, 0.6) is 0 Å². The fourth-order valence-corrected chi connectivity index (χ4v) is 3.66. The van der Waals surface area contributed by atoms with Crippen molar-refractivity contribution in [3.05, 3.63) is 24.4 Å². The molecular weight excluding hydrogens is 288 g/mol. The Bertz CT molecular complexity index is 513. The van der Waals surface area contributed by atoms with E-state index in [0.29, 0.717) is 18.1 Å². The van der Waals surface area contributed by atoms with E-state index in [1.165, 1.54) is 0 Å². The Labute approximate surface area is 128 Å². The molecule has 1 fully saturated rings. The van der Waals surface area contributed by atoms with Gasteiger partial charge in [-0.3, -0.25) is 4.21 Å². The van der Waals surface area contributed by atoms with E-state index >= 15 is 0 Å². The Morgan fingerprint density at radius 1 is 1.43 bits per heavy atom. The molecule has 1 aromatic rings. The largest absolute Gasteiger partial charge is 0.444 e. The third-order valence-electron chi connectivity index (χ3n) is 3.18. The minimum absolute atomic E-state index is 0.0823. The van der Waals surface area contributed by atoms with Crippen LogP contribution >= 0.6 is 0 Å². The lowest BCUT2D eigenvalue weighted by Crippen LogP contribution is -2.45. The Kier molecular flexibility index (Phi) is 4.98. The summed E-state index contributed by atoms with van der Waals surface area (Å²) in [5, 5.41) is 0.495. The van der Waals surface area contributed by atoms with E-state index in [1.807, 2.05) is 26.8 Å². The van der Waals surface area contributed by atoms with E-state index in [1.54, 1.807) is 23.2 Å². The van der Waals surface area contributed by atoms with E-state index in [-0.39, 0.29) is 11.3 Å². The minimum atomic E-state index is -1.19. The second kappa shape index (κ2) is 6.56. The van der Waals surface area contributed by atoms with Gasteiger partial charge in [0, 0.05) is 19.3 Å². The van der Waals surface area contributed by atoms with Crippen LogP contribution in [0.2, 0.25) is 0 Å². The quantitative estimate of drug-likeness (QED) is 0.842. The number of aromatic nitrogens is 1. The predicted octanol–water partition coefficient (Wildman–Crippen LogP) is 2.59. The summed E-state index contributed by atoms with van der Waals surface area (Å²) < 4.78 is 17.9. The lowest BCUT2D eigenvalue weighted by molar-refractivity contribution is 0.0219. The summed E-state index contributed by atoms with van der Waals surface area (Å²) in [7, 11) is -1.19. The number of piperidine rings is 1. The molecule has 0 aliphatic carbocycles. The van der Waals surface area contributed by atoms with Gasteiger partial charge in [0.05, 0.1) is 16.0 Å². The predicted molar refractivity (Wildman–Crippen MR) is 81.5 cm³/mol. The average molecular weight is 310 g/mol. The summed E-state index contributed by atoms with van der Waals surface area (Å²) in [6.07, 6.45) is 2.98. The van der Waals surface area contributed by atoms with Gasteiger partial charge in [-0.15, -0.1) is 0 Å². The first kappa shape index (κ1) is 15.9. The van der Waals surface area contributed by atoms with Gasteiger partial charge in [0.15, 0.2) is 0 Å². The molecular formula is C15H22N2O3S. The van der Waals surface area contributed by atoms with E-state index in [0.717, 1.165) is 12.8 Å². The molecule has 1 aliphatic heterocycles. The molecule has 0 unspecified atom stereocenters. The molecule has 0 radical (unpaired) electrons. The average Bonchev–Trinajstić information content (AvgIpc) is 2.46. The number of amides is 1. The van der Waals surface area contributed by atoms with E-state index < -0.39 is 16.4 Å². The van der Waals surface area contributed by atoms with Crippen molar-refractivity contribution in [1.29, 1.82) is 0 Å². The Balaban J connectivity index is 2.01. The normalized spacial score (nSPS) is 20.9. The van der Waals surface area contributed by atoms with Crippen molar-refractivity contribution < 1.29 is 13.7 Å². The van der Waals surface area contributed by atoms with Gasteiger partial charge in [0.25, 0.3) is 0 Å². The zero-order valence-electron chi connectivity index (χ0n) is 12.7. The topological polar surface area (TPSA) is 59.5 Å². The first-order valence-electron chi connectivity index (χ1n) is 7.16. The van der Waals surface area contributed by atoms with Crippen molar-refractivity contribution >= 4 is 16.9 Å². The van der Waals surface area contributed by atoms with Crippen LogP contribution < -0.4 is 0 Å². The first-order chi connectivity index (χ1) is 9.87. The number of ether oxygens (including phenoxy) is 1. The smallest absolute Gasteiger partial charge is 0.410 e. The fraction of sp³-hybridized carbons (Fsp3) is 0.600. The van der Waals surface area contributed by atoms with Crippen LogP contribution in [-0.4, -0.2) is 44.1 Å². The summed E-state index contributed by atoms with van der Waals surface area (Å²) in [5.74, 6) is 0. The molecule has 0 bridgehead atoms. The molecule has 0 aromatic carbocycles. The molecule has 1 amide bonds. The van der Waals surface area contributed by atoms with Crippen LogP contribution in [0.15, 0.2) is 29.4 Å². The maximum Gasteiger partial charge on any atom is 0.410 e. The number of likely N-dealkylation sites (tertiary alicyclic amines) is 1. The third kappa shape index (κ3) is 4.52. The SMILES string of the molecule is CC(C)(C)OC(=O)N1CCC[C@H]([S@@](=O)c2ccccn2)C1. The van der Waals surface area contributed by atoms with Gasteiger partial charge in [-0.05, 0) is 45.7 Å². The van der Waals surface area contributed by atoms with Gasteiger partial charge >= 0.3 is 6.09 Å². The van der Waals surface area contributed by atoms with Crippen molar-refractivity contribution in [3.8, 4) is 0 Å². The van der Waals surface area contributed by atoms with Crippen LogP contribution in [0.1, 0.15) is 33.6 Å². The van der Waals surface area contributed by atoms with Crippen LogP contribution in [-0.2, 0) is 15.5 Å². The number of carbonyl (C=O) groups is 1. The molecule has 2 rings (SSSR count). The highest BCUT2D eigenvalue weighted by Gasteiger charge is 2.31. The van der Waals surface area contributed by atoms with Gasteiger partial charge in [-0.1, -0.05) is 6.07 Å². The number of nitrogens with zero attached hydrogens (tertiary/aromatic N) is 2. The van der Waals surface area contributed by atoms with Crippen LogP contribution in [0.25, 0.3) is 0 Å². The summed E-state index contributed by atoms with van der Waals surface area (Å²) in [5.41, 5.74) is -0.510. The minimum Gasteiger partial charge on any atom is -0.444 e. The molecule has 0 N–H and O–H groups in total. The second-order valence-electron chi connectivity index (χ2n) is 6.16. The van der Waals surface area contributed by atoms with Crippen LogP contribution in [0, 0.1) is 0 Å². The summed E-state index contributed by atoms with van der Waals surface area (Å²) in [4.78, 5) is 17.9. The molecule has 6 heteroatoms. The molecule has 1 aromatic heterocycles. The van der Waals surface area contributed by atoms with Crippen molar-refractivity contribution in [1.82, 2.24) is 9.88 Å². The lowest BCUT2D eigenvalue weighted by atomic mass is 10.1. The van der Waals surface area contributed by atoms with Crippen molar-refractivity contribution in [2.24, 2.45) is 0 Å². The molecule has 1 saturated heterocycles. The molecule has 2 atom stereocenters. The molecule has 21 heavy (non-hydrogen) atoms.